The van der Waals surface area contributed by atoms with Crippen LogP contribution >= 0.6 is 0 Å². The minimum atomic E-state index is 0.507. The van der Waals surface area contributed by atoms with Crippen LogP contribution in [0, 0.1) is 0 Å². The van der Waals surface area contributed by atoms with Gasteiger partial charge in [-0.25, -0.2) is 4.98 Å². The summed E-state index contributed by atoms with van der Waals surface area (Å²) >= 11 is 0. The third-order valence-electron chi connectivity index (χ3n) is 3.22. The Morgan fingerprint density at radius 2 is 2.29 bits per heavy atom. The van der Waals surface area contributed by atoms with Crippen molar-refractivity contribution in [1.29, 1.82) is 0 Å². The van der Waals surface area contributed by atoms with E-state index in [1.165, 1.54) is 25.7 Å². The van der Waals surface area contributed by atoms with E-state index in [2.05, 4.69) is 21.8 Å². The molecule has 1 aromatic heterocycles. The molecule has 4 nitrogen and oxygen atoms in total. The van der Waals surface area contributed by atoms with Gasteiger partial charge in [0.15, 0.2) is 0 Å². The van der Waals surface area contributed by atoms with E-state index in [-0.39, 0.29) is 0 Å². The monoisotopic (exact) mass is 237 g/mol. The Bertz CT molecular complexity index is 318. The molecule has 0 atom stereocenters. The van der Waals surface area contributed by atoms with E-state index in [4.69, 9.17) is 4.74 Å². The van der Waals surface area contributed by atoms with Gasteiger partial charge in [-0.15, -0.1) is 0 Å². The van der Waals surface area contributed by atoms with Crippen molar-refractivity contribution in [1.82, 2.24) is 9.55 Å². The molecule has 1 heterocycles. The molecule has 1 saturated carbocycles. The molecular formula is C13H23N3O. The van der Waals surface area contributed by atoms with E-state index in [1.54, 1.807) is 0 Å². The Morgan fingerprint density at radius 3 is 3.06 bits per heavy atom. The standard InChI is InChI=1S/C13H23N3O/c1-2-9-16-10-7-14-13(16)15-8-11-17-12-5-3-4-6-12/h7,10,12H,2-6,8-9,11H2,1H3,(H,14,15). The summed E-state index contributed by atoms with van der Waals surface area (Å²) in [7, 11) is 0. The second kappa shape index (κ2) is 6.64. The van der Waals surface area contributed by atoms with Crippen LogP contribution in [0.25, 0.3) is 0 Å². The zero-order valence-electron chi connectivity index (χ0n) is 10.7. The molecule has 4 heteroatoms. The van der Waals surface area contributed by atoms with Gasteiger partial charge in [0.25, 0.3) is 0 Å². The van der Waals surface area contributed by atoms with Gasteiger partial charge in [-0.3, -0.25) is 0 Å². The Labute approximate surface area is 103 Å². The third-order valence-corrected chi connectivity index (χ3v) is 3.22. The van der Waals surface area contributed by atoms with Gasteiger partial charge >= 0.3 is 0 Å². The minimum Gasteiger partial charge on any atom is -0.376 e. The van der Waals surface area contributed by atoms with Gasteiger partial charge in [0.1, 0.15) is 0 Å². The van der Waals surface area contributed by atoms with E-state index in [9.17, 15) is 0 Å². The van der Waals surface area contributed by atoms with Crippen molar-refractivity contribution in [3.05, 3.63) is 12.4 Å². The van der Waals surface area contributed by atoms with Gasteiger partial charge in [-0.1, -0.05) is 19.8 Å². The molecule has 96 valence electrons. The van der Waals surface area contributed by atoms with Crippen LogP contribution in [0.3, 0.4) is 0 Å². The van der Waals surface area contributed by atoms with Crippen molar-refractivity contribution in [2.75, 3.05) is 18.5 Å². The van der Waals surface area contributed by atoms with Crippen molar-refractivity contribution in [3.63, 3.8) is 0 Å². The van der Waals surface area contributed by atoms with Crippen molar-refractivity contribution >= 4 is 5.95 Å². The Morgan fingerprint density at radius 1 is 1.47 bits per heavy atom. The number of hydrogen-bond acceptors (Lipinski definition) is 3. The SMILES string of the molecule is CCCn1ccnc1NCCOC1CCCC1. The van der Waals surface area contributed by atoms with Crippen LogP contribution in [-0.2, 0) is 11.3 Å². The summed E-state index contributed by atoms with van der Waals surface area (Å²) in [6, 6.07) is 0. The number of nitrogens with one attached hydrogen (secondary N) is 1. The maximum atomic E-state index is 5.80. The number of anilines is 1. The fourth-order valence-electron chi connectivity index (χ4n) is 2.34. The number of hydrogen-bond donors (Lipinski definition) is 1. The quantitative estimate of drug-likeness (QED) is 0.741. The highest BCUT2D eigenvalue weighted by Gasteiger charge is 2.14. The fourth-order valence-corrected chi connectivity index (χ4v) is 2.34. The van der Waals surface area contributed by atoms with Crippen molar-refractivity contribution in [3.8, 4) is 0 Å². The smallest absolute Gasteiger partial charge is 0.202 e. The number of imidazole rings is 1. The Kier molecular flexibility index (Phi) is 4.86. The molecule has 0 aliphatic heterocycles. The molecule has 1 aliphatic carbocycles. The molecule has 0 amide bonds. The highest BCUT2D eigenvalue weighted by atomic mass is 16.5. The fraction of sp³-hybridized carbons (Fsp3) is 0.769. The first-order valence-electron chi connectivity index (χ1n) is 6.76. The lowest BCUT2D eigenvalue weighted by molar-refractivity contribution is 0.0658. The summed E-state index contributed by atoms with van der Waals surface area (Å²) < 4.78 is 7.95. The highest BCUT2D eigenvalue weighted by molar-refractivity contribution is 5.25. The number of nitrogens with zero attached hydrogens (tertiary/aromatic N) is 2. The maximum absolute atomic E-state index is 5.80. The van der Waals surface area contributed by atoms with Gasteiger partial charge in [-0.05, 0) is 19.3 Å². The molecular weight excluding hydrogens is 214 g/mol. The summed E-state index contributed by atoms with van der Waals surface area (Å²) in [4.78, 5) is 4.30. The zero-order valence-corrected chi connectivity index (χ0v) is 10.7. The molecule has 0 bridgehead atoms. The van der Waals surface area contributed by atoms with E-state index < -0.39 is 0 Å². The predicted octanol–water partition coefficient (Wildman–Crippen LogP) is 2.66. The van der Waals surface area contributed by atoms with Crippen LogP contribution in [-0.4, -0.2) is 28.8 Å². The molecule has 1 fully saturated rings. The lowest BCUT2D eigenvalue weighted by Crippen LogP contribution is -2.17. The van der Waals surface area contributed by atoms with E-state index in [0.29, 0.717) is 6.10 Å². The van der Waals surface area contributed by atoms with Crippen molar-refractivity contribution < 1.29 is 4.74 Å². The molecule has 1 aliphatic rings. The Hall–Kier alpha value is -1.03. The predicted molar refractivity (Wildman–Crippen MR) is 69.2 cm³/mol. The molecule has 1 N–H and O–H groups in total. The summed E-state index contributed by atoms with van der Waals surface area (Å²) in [5, 5.41) is 3.33. The molecule has 0 spiro atoms. The molecule has 0 saturated heterocycles. The average Bonchev–Trinajstić information content (AvgIpc) is 2.96. The van der Waals surface area contributed by atoms with E-state index >= 15 is 0 Å². The van der Waals surface area contributed by atoms with E-state index in [1.807, 2.05) is 12.4 Å². The van der Waals surface area contributed by atoms with Crippen LogP contribution in [0.4, 0.5) is 5.95 Å². The van der Waals surface area contributed by atoms with Crippen LogP contribution in [0.1, 0.15) is 39.0 Å². The summed E-state index contributed by atoms with van der Waals surface area (Å²) in [5.74, 6) is 0.960. The molecule has 2 rings (SSSR count). The molecule has 0 aromatic carbocycles. The van der Waals surface area contributed by atoms with Crippen molar-refractivity contribution in [2.45, 2.75) is 51.7 Å². The molecule has 1 aromatic rings. The number of aryl methyl sites for hydroxylation is 1. The zero-order chi connectivity index (χ0) is 11.9. The summed E-state index contributed by atoms with van der Waals surface area (Å²) in [6.45, 7) is 4.82. The first kappa shape index (κ1) is 12.4. The molecule has 0 radical (unpaired) electrons. The summed E-state index contributed by atoms with van der Waals surface area (Å²) in [6.07, 6.45) is 10.6. The Balaban J connectivity index is 1.65. The lowest BCUT2D eigenvalue weighted by Gasteiger charge is -2.12. The largest absolute Gasteiger partial charge is 0.376 e. The second-order valence-corrected chi connectivity index (χ2v) is 4.65. The third kappa shape index (κ3) is 3.73. The van der Waals surface area contributed by atoms with E-state index in [0.717, 1.165) is 32.1 Å². The van der Waals surface area contributed by atoms with Crippen LogP contribution in [0.15, 0.2) is 12.4 Å². The van der Waals surface area contributed by atoms with Crippen LogP contribution in [0.2, 0.25) is 0 Å². The second-order valence-electron chi connectivity index (χ2n) is 4.65. The van der Waals surface area contributed by atoms with Crippen molar-refractivity contribution in [2.24, 2.45) is 0 Å². The normalized spacial score (nSPS) is 16.5. The lowest BCUT2D eigenvalue weighted by atomic mass is 10.3. The van der Waals surface area contributed by atoms with Gasteiger partial charge < -0.3 is 14.6 Å². The molecule has 0 unspecified atom stereocenters. The highest BCUT2D eigenvalue weighted by Crippen LogP contribution is 2.20. The minimum absolute atomic E-state index is 0.507. The summed E-state index contributed by atoms with van der Waals surface area (Å²) in [5.41, 5.74) is 0. The first-order valence-corrected chi connectivity index (χ1v) is 6.76. The van der Waals surface area contributed by atoms with Crippen LogP contribution < -0.4 is 5.32 Å². The van der Waals surface area contributed by atoms with Gasteiger partial charge in [0, 0.05) is 25.5 Å². The topological polar surface area (TPSA) is 39.1 Å². The number of ether oxygens (including phenoxy) is 1. The van der Waals surface area contributed by atoms with Gasteiger partial charge in [0.2, 0.25) is 5.95 Å². The average molecular weight is 237 g/mol. The number of aromatic nitrogens is 2. The number of rotatable bonds is 7. The first-order chi connectivity index (χ1) is 8.40. The van der Waals surface area contributed by atoms with Gasteiger partial charge in [-0.2, -0.15) is 0 Å². The van der Waals surface area contributed by atoms with Crippen LogP contribution in [0.5, 0.6) is 0 Å². The molecule has 17 heavy (non-hydrogen) atoms. The van der Waals surface area contributed by atoms with Gasteiger partial charge in [0.05, 0.1) is 12.7 Å². The maximum Gasteiger partial charge on any atom is 0.202 e.